The van der Waals surface area contributed by atoms with E-state index in [-0.39, 0.29) is 17.9 Å². The molecular formula is C28H27N6O2+. The van der Waals surface area contributed by atoms with Gasteiger partial charge in [0.2, 0.25) is 5.84 Å². The normalized spacial score (nSPS) is 22.1. The molecule has 2 amide bonds. The van der Waals surface area contributed by atoms with Gasteiger partial charge >= 0.3 is 0 Å². The van der Waals surface area contributed by atoms with Crippen molar-refractivity contribution in [1.82, 2.24) is 9.88 Å². The first kappa shape index (κ1) is 23.4. The first-order chi connectivity index (χ1) is 17.4. The fourth-order valence-corrected chi connectivity index (χ4v) is 4.86. The molecule has 0 bridgehead atoms. The Morgan fingerprint density at radius 1 is 1.19 bits per heavy atom. The summed E-state index contributed by atoms with van der Waals surface area (Å²) in [5.41, 5.74) is 4.22. The van der Waals surface area contributed by atoms with E-state index in [2.05, 4.69) is 34.2 Å². The number of hydrogen-bond donors (Lipinski definition) is 1. The molecule has 3 aliphatic heterocycles. The van der Waals surface area contributed by atoms with Crippen LogP contribution < -0.4 is 5.32 Å². The topological polar surface area (TPSA) is 87.0 Å². The molecule has 2 unspecified atom stereocenters. The minimum absolute atomic E-state index is 0.145. The number of nitrogens with zero attached hydrogens (tertiary/aromatic N) is 5. The van der Waals surface area contributed by atoms with Crippen LogP contribution in [0.2, 0.25) is 0 Å². The third kappa shape index (κ3) is 4.14. The molecule has 36 heavy (non-hydrogen) atoms. The molecule has 1 fully saturated rings. The molecule has 0 saturated carbocycles. The Kier molecular flexibility index (Phi) is 6.08. The number of likely N-dealkylation sites (tertiary alicyclic amines) is 1. The van der Waals surface area contributed by atoms with Crippen molar-refractivity contribution in [3.63, 3.8) is 0 Å². The van der Waals surface area contributed by atoms with Gasteiger partial charge in [-0.1, -0.05) is 5.92 Å². The standard InChI is InChI=1S/C28H26N6O2/c1-4-6-25(35)33-15-5-7-22(33)26-23-18-29-14-16-34(23,3)27(32-26)20-8-10-21(11-9-20)28(36)31-24-17-19(2)12-13-30-24/h8-14,16-18,22H,5,7,15H2,1-3H3/p+1. The number of rotatable bonds is 4. The van der Waals surface area contributed by atoms with Crippen LogP contribution in [0.25, 0.3) is 0 Å². The largest absolute Gasteiger partial charge is 0.323 e. The van der Waals surface area contributed by atoms with Crippen molar-refractivity contribution < 1.29 is 14.1 Å². The number of nitrogens with one attached hydrogen (secondary N) is 1. The number of fused-ring (bicyclic) bond motifs is 1. The maximum absolute atomic E-state index is 12.8. The van der Waals surface area contributed by atoms with Crippen molar-refractivity contribution in [3.8, 4) is 11.8 Å². The number of hydrogen-bond acceptors (Lipinski definition) is 5. The van der Waals surface area contributed by atoms with E-state index < -0.39 is 0 Å². The van der Waals surface area contributed by atoms with E-state index >= 15 is 0 Å². The van der Waals surface area contributed by atoms with E-state index in [1.807, 2.05) is 48.5 Å². The van der Waals surface area contributed by atoms with E-state index in [0.717, 1.165) is 41.2 Å². The number of carbonyl (C=O) groups excluding carboxylic acids is 2. The lowest BCUT2D eigenvalue weighted by Gasteiger charge is -2.29. The smallest absolute Gasteiger partial charge is 0.299 e. The number of allylic oxidation sites excluding steroid dienone is 1. The number of aliphatic imine (C=N–C) groups is 2. The van der Waals surface area contributed by atoms with Crippen LogP contribution in [0.4, 0.5) is 5.82 Å². The Morgan fingerprint density at radius 2 is 2.00 bits per heavy atom. The third-order valence-electron chi connectivity index (χ3n) is 6.70. The Morgan fingerprint density at radius 3 is 2.75 bits per heavy atom. The Hall–Kier alpha value is -4.35. The predicted octanol–water partition coefficient (Wildman–Crippen LogP) is 3.63. The highest BCUT2D eigenvalue weighted by molar-refractivity contribution is 6.05. The summed E-state index contributed by atoms with van der Waals surface area (Å²) in [6.45, 7) is 4.28. The summed E-state index contributed by atoms with van der Waals surface area (Å²) in [5.74, 6) is 6.32. The Balaban J connectivity index is 1.44. The van der Waals surface area contributed by atoms with Crippen LogP contribution in [0.5, 0.6) is 0 Å². The highest BCUT2D eigenvalue weighted by Gasteiger charge is 2.46. The first-order valence-corrected chi connectivity index (χ1v) is 11.9. The minimum Gasteiger partial charge on any atom is -0.323 e. The van der Waals surface area contributed by atoms with Crippen molar-refractivity contribution in [1.29, 1.82) is 0 Å². The van der Waals surface area contributed by atoms with Gasteiger partial charge in [0, 0.05) is 18.3 Å². The maximum atomic E-state index is 12.8. The van der Waals surface area contributed by atoms with Gasteiger partial charge in [-0.2, -0.15) is 4.99 Å². The van der Waals surface area contributed by atoms with Crippen molar-refractivity contribution in [2.24, 2.45) is 9.98 Å². The van der Waals surface area contributed by atoms with Crippen molar-refractivity contribution in [3.05, 3.63) is 83.1 Å². The maximum Gasteiger partial charge on any atom is 0.299 e. The molecule has 1 N–H and O–H groups in total. The van der Waals surface area contributed by atoms with Gasteiger partial charge in [-0.15, -0.1) is 0 Å². The van der Waals surface area contributed by atoms with E-state index in [1.54, 1.807) is 31.5 Å². The second-order valence-corrected chi connectivity index (χ2v) is 9.14. The zero-order valence-electron chi connectivity index (χ0n) is 20.5. The third-order valence-corrected chi connectivity index (χ3v) is 6.70. The van der Waals surface area contributed by atoms with Crippen LogP contribution >= 0.6 is 0 Å². The molecule has 1 saturated heterocycles. The van der Waals surface area contributed by atoms with Crippen LogP contribution in [0.3, 0.4) is 0 Å². The summed E-state index contributed by atoms with van der Waals surface area (Å²) >= 11 is 0. The molecule has 0 aliphatic carbocycles. The van der Waals surface area contributed by atoms with Crippen molar-refractivity contribution in [2.45, 2.75) is 32.7 Å². The van der Waals surface area contributed by atoms with Gasteiger partial charge < -0.3 is 10.2 Å². The Labute approximate surface area is 210 Å². The summed E-state index contributed by atoms with van der Waals surface area (Å²) in [6.07, 6.45) is 8.98. The highest BCUT2D eigenvalue weighted by Crippen LogP contribution is 2.38. The number of carbonyl (C=O) groups is 2. The molecule has 0 spiro atoms. The zero-order valence-corrected chi connectivity index (χ0v) is 20.5. The van der Waals surface area contributed by atoms with Gasteiger partial charge in [0.15, 0.2) is 5.70 Å². The summed E-state index contributed by atoms with van der Waals surface area (Å²) in [5, 5.41) is 2.84. The highest BCUT2D eigenvalue weighted by atomic mass is 16.2. The van der Waals surface area contributed by atoms with Crippen LogP contribution in [0.15, 0.2) is 76.4 Å². The van der Waals surface area contributed by atoms with Gasteiger partial charge in [0.05, 0.1) is 31.1 Å². The number of amidine groups is 1. The van der Waals surface area contributed by atoms with Gasteiger partial charge in [-0.25, -0.2) is 9.47 Å². The molecule has 1 aromatic carbocycles. The van der Waals surface area contributed by atoms with Crippen LogP contribution in [0.1, 0.15) is 41.3 Å². The molecule has 3 aliphatic rings. The lowest BCUT2D eigenvalue weighted by Crippen LogP contribution is -2.43. The molecule has 1 aromatic heterocycles. The number of quaternary nitrogens is 1. The van der Waals surface area contributed by atoms with E-state index in [1.165, 1.54) is 0 Å². The van der Waals surface area contributed by atoms with Gasteiger partial charge in [0.25, 0.3) is 11.8 Å². The fraction of sp³-hybridized carbons (Fsp3) is 0.250. The monoisotopic (exact) mass is 479 g/mol. The van der Waals surface area contributed by atoms with Crippen molar-refractivity contribution >= 4 is 29.7 Å². The predicted molar refractivity (Wildman–Crippen MR) is 139 cm³/mol. The fourth-order valence-electron chi connectivity index (χ4n) is 4.86. The summed E-state index contributed by atoms with van der Waals surface area (Å²) in [6, 6.07) is 10.9. The van der Waals surface area contributed by atoms with E-state index in [4.69, 9.17) is 4.99 Å². The van der Waals surface area contributed by atoms with Gasteiger partial charge in [0.1, 0.15) is 17.7 Å². The lowest BCUT2D eigenvalue weighted by atomic mass is 10.1. The minimum atomic E-state index is -0.227. The Bertz CT molecular complexity index is 1420. The van der Waals surface area contributed by atoms with Crippen molar-refractivity contribution in [2.75, 3.05) is 18.9 Å². The van der Waals surface area contributed by atoms with E-state index in [0.29, 0.717) is 22.4 Å². The summed E-state index contributed by atoms with van der Waals surface area (Å²) in [4.78, 5) is 40.8. The number of anilines is 1. The molecule has 8 heteroatoms. The second-order valence-electron chi connectivity index (χ2n) is 9.14. The molecule has 0 radical (unpaired) electrons. The van der Waals surface area contributed by atoms with Crippen LogP contribution in [-0.2, 0) is 4.79 Å². The molecule has 2 aromatic rings. The molecule has 180 valence electrons. The van der Waals surface area contributed by atoms with Crippen LogP contribution in [-0.4, -0.2) is 57.9 Å². The second kappa shape index (κ2) is 9.36. The summed E-state index contributed by atoms with van der Waals surface area (Å²) in [7, 11) is 2.06. The van der Waals surface area contributed by atoms with Gasteiger partial charge in [-0.05, 0) is 74.6 Å². The average molecular weight is 480 g/mol. The number of benzene rings is 1. The number of aromatic nitrogens is 1. The van der Waals surface area contributed by atoms with Gasteiger partial charge in [-0.3, -0.25) is 14.6 Å². The average Bonchev–Trinajstić information content (AvgIpc) is 3.47. The molecule has 4 heterocycles. The van der Waals surface area contributed by atoms with Crippen LogP contribution in [0, 0.1) is 18.8 Å². The number of pyridine rings is 1. The molecule has 2 atom stereocenters. The first-order valence-electron chi connectivity index (χ1n) is 11.9. The summed E-state index contributed by atoms with van der Waals surface area (Å²) < 4.78 is 0.343. The lowest BCUT2D eigenvalue weighted by molar-refractivity contribution is -0.713. The SMILES string of the molecule is CC#CC(=O)N1CCCC1C1=C2C=NC=C[N+]2(C)C(c2ccc(C(=O)Nc3cc(C)ccn3)cc2)=N1. The molecule has 8 nitrogen and oxygen atoms in total. The number of amides is 2. The zero-order chi connectivity index (χ0) is 25.3. The quantitative estimate of drug-likeness (QED) is 0.537. The number of aryl methyl sites for hydroxylation is 1. The molecule has 5 rings (SSSR count). The van der Waals surface area contributed by atoms with E-state index in [9.17, 15) is 9.59 Å². The molecular weight excluding hydrogens is 452 g/mol.